The molecular weight excluding hydrogens is 218 g/mol. The minimum Gasteiger partial charge on any atom is -0.313 e. The minimum absolute atomic E-state index is 0.285. The third-order valence-electron chi connectivity index (χ3n) is 4.31. The van der Waals surface area contributed by atoms with E-state index >= 15 is 0 Å². The van der Waals surface area contributed by atoms with Gasteiger partial charge in [0.05, 0.1) is 0 Å². The van der Waals surface area contributed by atoms with Crippen LogP contribution in [0.3, 0.4) is 0 Å². The molecule has 1 heteroatoms. The molecule has 0 spiro atoms. The second-order valence-electron chi connectivity index (χ2n) is 5.80. The first-order valence-corrected chi connectivity index (χ1v) is 7.29. The van der Waals surface area contributed by atoms with Gasteiger partial charge in [-0.25, -0.2) is 0 Å². The molecule has 0 aromatic heterocycles. The summed E-state index contributed by atoms with van der Waals surface area (Å²) >= 11 is 0. The van der Waals surface area contributed by atoms with E-state index in [1.54, 1.807) is 0 Å². The van der Waals surface area contributed by atoms with E-state index in [9.17, 15) is 0 Å². The van der Waals surface area contributed by atoms with Gasteiger partial charge >= 0.3 is 0 Å². The summed E-state index contributed by atoms with van der Waals surface area (Å²) in [6.45, 7) is 11.4. The second-order valence-corrected chi connectivity index (χ2v) is 5.80. The van der Waals surface area contributed by atoms with Crippen LogP contribution in [0.2, 0.25) is 0 Å². The molecule has 0 saturated heterocycles. The van der Waals surface area contributed by atoms with Gasteiger partial charge in [-0.3, -0.25) is 0 Å². The highest BCUT2D eigenvalue weighted by Gasteiger charge is 2.27. The molecule has 102 valence electrons. The lowest BCUT2D eigenvalue weighted by molar-refractivity contribution is 0.245. The van der Waals surface area contributed by atoms with Crippen LogP contribution in [-0.4, -0.2) is 7.05 Å². The molecule has 0 radical (unpaired) electrons. The van der Waals surface area contributed by atoms with E-state index in [2.05, 4.69) is 65.2 Å². The molecule has 1 rings (SSSR count). The molecule has 0 aliphatic rings. The lowest BCUT2D eigenvalue weighted by Crippen LogP contribution is -2.31. The molecule has 1 aromatic carbocycles. The molecule has 1 N–H and O–H groups in total. The van der Waals surface area contributed by atoms with Crippen molar-refractivity contribution in [2.45, 2.75) is 59.9 Å². The molecule has 1 nitrogen and oxygen atoms in total. The van der Waals surface area contributed by atoms with Gasteiger partial charge in [-0.2, -0.15) is 0 Å². The van der Waals surface area contributed by atoms with Crippen molar-refractivity contribution in [3.05, 3.63) is 34.9 Å². The van der Waals surface area contributed by atoms with Gasteiger partial charge in [-0.1, -0.05) is 52.8 Å². The highest BCUT2D eigenvalue weighted by atomic mass is 14.9. The fourth-order valence-electron chi connectivity index (χ4n) is 2.71. The van der Waals surface area contributed by atoms with E-state index in [0.29, 0.717) is 6.04 Å². The van der Waals surface area contributed by atoms with Crippen LogP contribution in [0.5, 0.6) is 0 Å². The van der Waals surface area contributed by atoms with Crippen molar-refractivity contribution in [2.75, 3.05) is 7.05 Å². The summed E-state index contributed by atoms with van der Waals surface area (Å²) in [6.07, 6.45) is 3.43. The Hall–Kier alpha value is -0.820. The van der Waals surface area contributed by atoms with Gasteiger partial charge in [0.15, 0.2) is 0 Å². The minimum atomic E-state index is 0.285. The van der Waals surface area contributed by atoms with Gasteiger partial charge in [-0.15, -0.1) is 0 Å². The van der Waals surface area contributed by atoms with Crippen LogP contribution >= 0.6 is 0 Å². The van der Waals surface area contributed by atoms with Crippen LogP contribution in [-0.2, 0) is 12.8 Å². The van der Waals surface area contributed by atoms with Crippen LogP contribution < -0.4 is 5.32 Å². The fraction of sp³-hybridized carbons (Fsp3) is 0.647. The van der Waals surface area contributed by atoms with Gasteiger partial charge in [0, 0.05) is 6.04 Å². The monoisotopic (exact) mass is 247 g/mol. The lowest BCUT2D eigenvalue weighted by atomic mass is 9.77. The number of hydrogen-bond donors (Lipinski definition) is 1. The van der Waals surface area contributed by atoms with Crippen molar-refractivity contribution in [1.82, 2.24) is 5.32 Å². The van der Waals surface area contributed by atoms with Gasteiger partial charge in [0.25, 0.3) is 0 Å². The Kier molecular flexibility index (Phi) is 5.40. The van der Waals surface area contributed by atoms with Gasteiger partial charge in [0.2, 0.25) is 0 Å². The van der Waals surface area contributed by atoms with Crippen LogP contribution in [0.1, 0.15) is 63.8 Å². The zero-order valence-corrected chi connectivity index (χ0v) is 12.9. The molecular formula is C17H29N. The lowest BCUT2D eigenvalue weighted by Gasteiger charge is -2.34. The number of benzene rings is 1. The first kappa shape index (κ1) is 15.2. The third-order valence-corrected chi connectivity index (χ3v) is 4.31. The van der Waals surface area contributed by atoms with Crippen LogP contribution in [0.15, 0.2) is 18.2 Å². The van der Waals surface area contributed by atoms with E-state index in [0.717, 1.165) is 12.8 Å². The van der Waals surface area contributed by atoms with Crippen molar-refractivity contribution in [1.29, 1.82) is 0 Å². The Morgan fingerprint density at radius 1 is 1.06 bits per heavy atom. The molecule has 1 unspecified atom stereocenters. The molecule has 1 atom stereocenters. The zero-order valence-electron chi connectivity index (χ0n) is 12.9. The Labute approximate surface area is 113 Å². The second kappa shape index (κ2) is 6.38. The maximum Gasteiger partial charge on any atom is 0.0369 e. The van der Waals surface area contributed by atoms with Crippen LogP contribution in [0, 0.1) is 5.41 Å². The summed E-state index contributed by atoms with van der Waals surface area (Å²) in [4.78, 5) is 0. The van der Waals surface area contributed by atoms with Crippen molar-refractivity contribution in [2.24, 2.45) is 5.41 Å². The van der Waals surface area contributed by atoms with E-state index in [1.165, 1.54) is 23.1 Å². The van der Waals surface area contributed by atoms with Crippen molar-refractivity contribution < 1.29 is 0 Å². The fourth-order valence-corrected chi connectivity index (χ4v) is 2.71. The molecule has 0 amide bonds. The van der Waals surface area contributed by atoms with Gasteiger partial charge in [-0.05, 0) is 48.4 Å². The number of hydrogen-bond acceptors (Lipinski definition) is 1. The first-order valence-electron chi connectivity index (χ1n) is 7.29. The Morgan fingerprint density at radius 3 is 2.11 bits per heavy atom. The highest BCUT2D eigenvalue weighted by molar-refractivity contribution is 5.34. The first-order chi connectivity index (χ1) is 8.50. The maximum absolute atomic E-state index is 3.50. The predicted molar refractivity (Wildman–Crippen MR) is 81.1 cm³/mol. The molecule has 18 heavy (non-hydrogen) atoms. The largest absolute Gasteiger partial charge is 0.313 e. The van der Waals surface area contributed by atoms with E-state index in [-0.39, 0.29) is 5.41 Å². The summed E-state index contributed by atoms with van der Waals surface area (Å²) in [5.74, 6) is 0. The van der Waals surface area contributed by atoms with Gasteiger partial charge < -0.3 is 5.32 Å². The van der Waals surface area contributed by atoms with Crippen LogP contribution in [0.25, 0.3) is 0 Å². The Morgan fingerprint density at radius 2 is 1.67 bits per heavy atom. The quantitative estimate of drug-likeness (QED) is 0.780. The van der Waals surface area contributed by atoms with Crippen LogP contribution in [0.4, 0.5) is 0 Å². The predicted octanol–water partition coefficient (Wildman–Crippen LogP) is 4.51. The molecule has 0 aliphatic carbocycles. The number of aryl methyl sites for hydroxylation is 2. The Balaban J connectivity index is 3.15. The molecule has 0 heterocycles. The zero-order chi connectivity index (χ0) is 13.8. The SMILES string of the molecule is CCc1ccc(C(NC)C(C)(C)CC)cc1CC. The number of nitrogens with one attached hydrogen (secondary N) is 1. The Bertz CT molecular complexity index is 379. The van der Waals surface area contributed by atoms with Crippen molar-refractivity contribution >= 4 is 0 Å². The molecule has 0 fully saturated rings. The summed E-state index contributed by atoms with van der Waals surface area (Å²) in [6, 6.07) is 7.44. The molecule has 0 bridgehead atoms. The maximum atomic E-state index is 3.50. The molecule has 0 saturated carbocycles. The normalized spacial score (nSPS) is 13.7. The summed E-state index contributed by atoms with van der Waals surface area (Å²) in [7, 11) is 2.07. The summed E-state index contributed by atoms with van der Waals surface area (Å²) < 4.78 is 0. The molecule has 0 aliphatic heterocycles. The summed E-state index contributed by atoms with van der Waals surface area (Å²) in [5.41, 5.74) is 4.71. The average Bonchev–Trinajstić information content (AvgIpc) is 2.39. The van der Waals surface area contributed by atoms with E-state index in [4.69, 9.17) is 0 Å². The standard InChI is InChI=1S/C17H29N/c1-7-13-10-11-15(12-14(13)8-2)16(18-6)17(4,5)9-3/h10-12,16,18H,7-9H2,1-6H3. The van der Waals surface area contributed by atoms with E-state index < -0.39 is 0 Å². The topological polar surface area (TPSA) is 12.0 Å². The van der Waals surface area contributed by atoms with E-state index in [1.807, 2.05) is 0 Å². The molecule has 1 aromatic rings. The smallest absolute Gasteiger partial charge is 0.0369 e. The summed E-state index contributed by atoms with van der Waals surface area (Å²) in [5, 5.41) is 3.50. The third kappa shape index (κ3) is 3.14. The number of rotatable bonds is 6. The highest BCUT2D eigenvalue weighted by Crippen LogP contribution is 2.36. The van der Waals surface area contributed by atoms with Gasteiger partial charge in [0.1, 0.15) is 0 Å². The average molecular weight is 247 g/mol. The van der Waals surface area contributed by atoms with Crippen molar-refractivity contribution in [3.8, 4) is 0 Å². The van der Waals surface area contributed by atoms with Crippen molar-refractivity contribution in [3.63, 3.8) is 0 Å².